The number of ether oxygens (including phenoxy) is 1. The molecule has 25 heavy (non-hydrogen) atoms. The van der Waals surface area contributed by atoms with E-state index in [2.05, 4.69) is 15.4 Å². The number of hydrogen-bond donors (Lipinski definition) is 1. The van der Waals surface area contributed by atoms with Gasteiger partial charge in [0.1, 0.15) is 5.82 Å². The molecule has 2 atom stereocenters. The minimum atomic E-state index is -0.0490. The molecule has 0 aliphatic carbocycles. The van der Waals surface area contributed by atoms with Crippen LogP contribution >= 0.6 is 0 Å². The molecule has 2 aromatic rings. The zero-order valence-corrected chi connectivity index (χ0v) is 14.3. The summed E-state index contributed by atoms with van der Waals surface area (Å²) in [5, 5.41) is 7.39. The van der Waals surface area contributed by atoms with Crippen molar-refractivity contribution in [1.82, 2.24) is 24.2 Å². The smallest absolute Gasteiger partial charge is 0.323 e. The van der Waals surface area contributed by atoms with Crippen LogP contribution in [0.2, 0.25) is 0 Å². The van der Waals surface area contributed by atoms with Crippen LogP contribution in [0.5, 0.6) is 0 Å². The first kappa shape index (κ1) is 16.1. The lowest BCUT2D eigenvalue weighted by Gasteiger charge is -2.25. The third-order valence-corrected chi connectivity index (χ3v) is 5.03. The SMILES string of the molecule is O=C(Nc1ccnn1C[C@H]1CCOC1)N1CCC[C@@H]1Cn1ccnc1. The summed E-state index contributed by atoms with van der Waals surface area (Å²) in [6.45, 7) is 3.94. The van der Waals surface area contributed by atoms with Crippen molar-refractivity contribution in [2.75, 3.05) is 25.1 Å². The Bertz CT molecular complexity index is 692. The van der Waals surface area contributed by atoms with Gasteiger partial charge in [0.25, 0.3) is 0 Å². The number of anilines is 1. The second kappa shape index (κ2) is 7.26. The van der Waals surface area contributed by atoms with Crippen LogP contribution in [0.4, 0.5) is 10.6 Å². The first-order valence-electron chi connectivity index (χ1n) is 8.92. The van der Waals surface area contributed by atoms with Gasteiger partial charge in [-0.2, -0.15) is 5.10 Å². The maximum atomic E-state index is 12.8. The molecule has 2 fully saturated rings. The number of aromatic nitrogens is 4. The van der Waals surface area contributed by atoms with Gasteiger partial charge in [0.2, 0.25) is 0 Å². The number of nitrogens with one attached hydrogen (secondary N) is 1. The second-order valence-corrected chi connectivity index (χ2v) is 6.81. The molecule has 2 saturated heterocycles. The summed E-state index contributed by atoms with van der Waals surface area (Å²) in [6, 6.07) is 2.01. The molecule has 2 aliphatic heterocycles. The van der Waals surface area contributed by atoms with Crippen molar-refractivity contribution in [2.45, 2.75) is 38.4 Å². The average molecular weight is 344 g/mol. The molecule has 2 amide bonds. The number of urea groups is 1. The van der Waals surface area contributed by atoms with Crippen molar-refractivity contribution in [1.29, 1.82) is 0 Å². The van der Waals surface area contributed by atoms with Crippen LogP contribution < -0.4 is 5.32 Å². The van der Waals surface area contributed by atoms with Gasteiger partial charge in [0.15, 0.2) is 0 Å². The molecular formula is C17H24N6O2. The third kappa shape index (κ3) is 3.68. The minimum Gasteiger partial charge on any atom is -0.381 e. The number of hydrogen-bond acceptors (Lipinski definition) is 4. The van der Waals surface area contributed by atoms with Crippen molar-refractivity contribution in [2.24, 2.45) is 5.92 Å². The molecule has 8 nitrogen and oxygen atoms in total. The van der Waals surface area contributed by atoms with E-state index in [1.165, 1.54) is 0 Å². The third-order valence-electron chi connectivity index (χ3n) is 5.03. The number of carbonyl (C=O) groups excluding carboxylic acids is 1. The standard InChI is InChI=1S/C17H24N6O2/c24-17(22-7-1-2-15(22)11-21-8-6-18-13-21)20-16-3-5-19-23(16)10-14-4-9-25-12-14/h3,5-6,8,13-15H,1-2,4,7,9-12H2,(H,20,24)/t14-,15-/m1/s1. The Kier molecular flexibility index (Phi) is 4.69. The summed E-state index contributed by atoms with van der Waals surface area (Å²) in [5.41, 5.74) is 0. The van der Waals surface area contributed by atoms with Gasteiger partial charge in [-0.1, -0.05) is 0 Å². The fourth-order valence-corrected chi connectivity index (χ4v) is 3.67. The summed E-state index contributed by atoms with van der Waals surface area (Å²) in [5.74, 6) is 1.22. The minimum absolute atomic E-state index is 0.0490. The lowest BCUT2D eigenvalue weighted by atomic mass is 10.1. The summed E-state index contributed by atoms with van der Waals surface area (Å²) in [6.07, 6.45) is 10.3. The van der Waals surface area contributed by atoms with Gasteiger partial charge >= 0.3 is 6.03 Å². The van der Waals surface area contributed by atoms with Crippen LogP contribution in [0.1, 0.15) is 19.3 Å². The molecule has 0 saturated carbocycles. The summed E-state index contributed by atoms with van der Waals surface area (Å²) in [7, 11) is 0. The number of imidazole rings is 1. The van der Waals surface area contributed by atoms with E-state index in [0.717, 1.165) is 57.9 Å². The highest BCUT2D eigenvalue weighted by Crippen LogP contribution is 2.21. The van der Waals surface area contributed by atoms with Crippen molar-refractivity contribution in [3.8, 4) is 0 Å². The summed E-state index contributed by atoms with van der Waals surface area (Å²) in [4.78, 5) is 18.8. The topological polar surface area (TPSA) is 77.2 Å². The molecule has 4 rings (SSSR count). The molecule has 4 heterocycles. The molecule has 0 unspecified atom stereocenters. The Morgan fingerprint density at radius 3 is 3.08 bits per heavy atom. The van der Waals surface area contributed by atoms with Gasteiger partial charge in [-0.05, 0) is 19.3 Å². The van der Waals surface area contributed by atoms with E-state index in [-0.39, 0.29) is 12.1 Å². The van der Waals surface area contributed by atoms with Crippen LogP contribution in [0.3, 0.4) is 0 Å². The van der Waals surface area contributed by atoms with Crippen LogP contribution in [0, 0.1) is 5.92 Å². The van der Waals surface area contributed by atoms with Crippen molar-refractivity contribution in [3.05, 3.63) is 31.0 Å². The molecule has 0 spiro atoms. The zero-order valence-electron chi connectivity index (χ0n) is 14.3. The first-order valence-corrected chi connectivity index (χ1v) is 8.92. The van der Waals surface area contributed by atoms with Gasteiger partial charge in [-0.25, -0.2) is 14.5 Å². The van der Waals surface area contributed by atoms with Crippen molar-refractivity contribution < 1.29 is 9.53 Å². The first-order chi connectivity index (χ1) is 12.3. The van der Waals surface area contributed by atoms with Crippen molar-refractivity contribution in [3.63, 3.8) is 0 Å². The van der Waals surface area contributed by atoms with E-state index in [1.54, 1.807) is 18.7 Å². The van der Waals surface area contributed by atoms with Crippen LogP contribution in [-0.4, -0.2) is 56.1 Å². The Balaban J connectivity index is 1.38. The Morgan fingerprint density at radius 1 is 1.32 bits per heavy atom. The highest BCUT2D eigenvalue weighted by molar-refractivity contribution is 5.88. The Hall–Kier alpha value is -2.35. The van der Waals surface area contributed by atoms with E-state index in [0.29, 0.717) is 5.92 Å². The summed E-state index contributed by atoms with van der Waals surface area (Å²) >= 11 is 0. The van der Waals surface area contributed by atoms with Crippen LogP contribution in [-0.2, 0) is 17.8 Å². The van der Waals surface area contributed by atoms with E-state index < -0.39 is 0 Å². The molecule has 0 radical (unpaired) electrons. The van der Waals surface area contributed by atoms with Gasteiger partial charge in [-0.3, -0.25) is 5.32 Å². The lowest BCUT2D eigenvalue weighted by Crippen LogP contribution is -2.41. The molecule has 0 aromatic carbocycles. The maximum absolute atomic E-state index is 12.8. The average Bonchev–Trinajstić information content (AvgIpc) is 3.37. The largest absolute Gasteiger partial charge is 0.381 e. The monoisotopic (exact) mass is 344 g/mol. The fraction of sp³-hybridized carbons (Fsp3) is 0.588. The van der Waals surface area contributed by atoms with E-state index in [9.17, 15) is 4.79 Å². The molecule has 134 valence electrons. The Morgan fingerprint density at radius 2 is 2.28 bits per heavy atom. The van der Waals surface area contributed by atoms with Gasteiger partial charge in [-0.15, -0.1) is 0 Å². The van der Waals surface area contributed by atoms with E-state index >= 15 is 0 Å². The predicted molar refractivity (Wildman–Crippen MR) is 92.1 cm³/mol. The number of likely N-dealkylation sites (tertiary alicyclic amines) is 1. The van der Waals surface area contributed by atoms with E-state index in [1.807, 2.05) is 26.4 Å². The van der Waals surface area contributed by atoms with Gasteiger partial charge < -0.3 is 14.2 Å². The molecule has 0 bridgehead atoms. The maximum Gasteiger partial charge on any atom is 0.323 e. The normalized spacial score (nSPS) is 23.3. The van der Waals surface area contributed by atoms with E-state index in [4.69, 9.17) is 4.74 Å². The second-order valence-electron chi connectivity index (χ2n) is 6.81. The van der Waals surface area contributed by atoms with Gasteiger partial charge in [0.05, 0.1) is 25.2 Å². The van der Waals surface area contributed by atoms with Crippen molar-refractivity contribution >= 4 is 11.8 Å². The van der Waals surface area contributed by atoms with Gasteiger partial charge in [0, 0.05) is 50.6 Å². The number of nitrogens with zero attached hydrogens (tertiary/aromatic N) is 5. The molecule has 1 N–H and O–H groups in total. The Labute approximate surface area is 146 Å². The fourth-order valence-electron chi connectivity index (χ4n) is 3.67. The summed E-state index contributed by atoms with van der Waals surface area (Å²) < 4.78 is 9.33. The van der Waals surface area contributed by atoms with Crippen LogP contribution in [0.15, 0.2) is 31.0 Å². The highest BCUT2D eigenvalue weighted by atomic mass is 16.5. The highest BCUT2D eigenvalue weighted by Gasteiger charge is 2.29. The number of amides is 2. The molecular weight excluding hydrogens is 320 g/mol. The predicted octanol–water partition coefficient (Wildman–Crippen LogP) is 1.81. The lowest BCUT2D eigenvalue weighted by molar-refractivity contribution is 0.181. The number of rotatable bonds is 5. The quantitative estimate of drug-likeness (QED) is 0.897. The van der Waals surface area contributed by atoms with Crippen LogP contribution in [0.25, 0.3) is 0 Å². The molecule has 2 aromatic heterocycles. The zero-order chi connectivity index (χ0) is 17.1. The molecule has 8 heteroatoms. The molecule has 2 aliphatic rings. The number of carbonyl (C=O) groups is 1.